The molecule has 0 aliphatic heterocycles. The number of halogens is 1. The highest BCUT2D eigenvalue weighted by Crippen LogP contribution is 2.16. The van der Waals surface area contributed by atoms with E-state index in [1.807, 2.05) is 0 Å². The predicted molar refractivity (Wildman–Crippen MR) is 73.9 cm³/mol. The standard InChI is InChI=1S/C12H18FN3O3S/c1-7(2)15-12(17)8(3)16-20(18,19)11-5-9(13)4-10(14)6-11/h4-8,16H,14H2,1-3H3,(H,15,17). The van der Waals surface area contributed by atoms with Crippen molar-refractivity contribution in [2.75, 3.05) is 5.73 Å². The minimum absolute atomic E-state index is 0.00957. The highest BCUT2D eigenvalue weighted by Gasteiger charge is 2.23. The number of nitrogens with two attached hydrogens (primary N) is 1. The maximum absolute atomic E-state index is 13.2. The molecule has 0 radical (unpaired) electrons. The van der Waals surface area contributed by atoms with Gasteiger partial charge in [0.05, 0.1) is 10.9 Å². The minimum Gasteiger partial charge on any atom is -0.399 e. The Balaban J connectivity index is 2.92. The lowest BCUT2D eigenvalue weighted by atomic mass is 10.3. The number of nitrogen functional groups attached to an aromatic ring is 1. The molecule has 6 nitrogen and oxygen atoms in total. The monoisotopic (exact) mass is 303 g/mol. The van der Waals surface area contributed by atoms with Gasteiger partial charge in [-0.15, -0.1) is 0 Å². The SMILES string of the molecule is CC(C)NC(=O)C(C)NS(=O)(=O)c1cc(N)cc(F)c1. The number of anilines is 1. The molecule has 0 bridgehead atoms. The molecule has 1 unspecified atom stereocenters. The molecule has 0 fully saturated rings. The summed E-state index contributed by atoms with van der Waals surface area (Å²) in [5.74, 6) is -1.22. The normalized spacial score (nSPS) is 13.2. The van der Waals surface area contributed by atoms with Gasteiger partial charge in [0.2, 0.25) is 15.9 Å². The molecular formula is C12H18FN3O3S. The molecule has 0 spiro atoms. The highest BCUT2D eigenvalue weighted by molar-refractivity contribution is 7.89. The summed E-state index contributed by atoms with van der Waals surface area (Å²) in [5, 5.41) is 2.57. The minimum atomic E-state index is -4.02. The van der Waals surface area contributed by atoms with Gasteiger partial charge in [-0.05, 0) is 39.0 Å². The first-order chi connectivity index (χ1) is 9.11. The van der Waals surface area contributed by atoms with E-state index >= 15 is 0 Å². The number of hydrogen-bond donors (Lipinski definition) is 3. The number of hydrogen-bond acceptors (Lipinski definition) is 4. The first-order valence-electron chi connectivity index (χ1n) is 6.00. The van der Waals surface area contributed by atoms with Gasteiger partial charge in [0.1, 0.15) is 5.82 Å². The molecule has 8 heteroatoms. The van der Waals surface area contributed by atoms with E-state index in [0.717, 1.165) is 18.2 Å². The van der Waals surface area contributed by atoms with Crippen LogP contribution in [0.5, 0.6) is 0 Å². The van der Waals surface area contributed by atoms with Gasteiger partial charge in [-0.25, -0.2) is 12.8 Å². The van der Waals surface area contributed by atoms with Crippen molar-refractivity contribution in [1.29, 1.82) is 0 Å². The maximum atomic E-state index is 13.2. The van der Waals surface area contributed by atoms with Gasteiger partial charge in [0, 0.05) is 11.7 Å². The Hall–Kier alpha value is -1.67. The van der Waals surface area contributed by atoms with Crippen molar-refractivity contribution in [3.8, 4) is 0 Å². The van der Waals surface area contributed by atoms with Crippen molar-refractivity contribution >= 4 is 21.6 Å². The van der Waals surface area contributed by atoms with Crippen LogP contribution in [0.15, 0.2) is 23.1 Å². The van der Waals surface area contributed by atoms with Gasteiger partial charge in [0.15, 0.2) is 0 Å². The molecule has 1 amide bonds. The van der Waals surface area contributed by atoms with Crippen LogP contribution in [-0.4, -0.2) is 26.4 Å². The van der Waals surface area contributed by atoms with Gasteiger partial charge in [-0.2, -0.15) is 4.72 Å². The quantitative estimate of drug-likeness (QED) is 0.693. The summed E-state index contributed by atoms with van der Waals surface area (Å²) in [6.45, 7) is 4.91. The van der Waals surface area contributed by atoms with E-state index in [1.54, 1.807) is 13.8 Å². The van der Waals surface area contributed by atoms with Crippen LogP contribution in [-0.2, 0) is 14.8 Å². The van der Waals surface area contributed by atoms with Crippen molar-refractivity contribution in [3.63, 3.8) is 0 Å². The third-order valence-corrected chi connectivity index (χ3v) is 3.88. The fraction of sp³-hybridized carbons (Fsp3) is 0.417. The van der Waals surface area contributed by atoms with Crippen LogP contribution in [0.1, 0.15) is 20.8 Å². The zero-order valence-electron chi connectivity index (χ0n) is 11.5. The molecule has 0 aliphatic rings. The summed E-state index contributed by atoms with van der Waals surface area (Å²) in [6, 6.07) is 1.88. The van der Waals surface area contributed by atoms with Crippen LogP contribution in [0.2, 0.25) is 0 Å². The predicted octanol–water partition coefficient (Wildman–Crippen LogP) is 0.599. The molecule has 0 aliphatic carbocycles. The molecule has 0 heterocycles. The molecule has 4 N–H and O–H groups in total. The van der Waals surface area contributed by atoms with Crippen molar-refractivity contribution in [2.45, 2.75) is 37.8 Å². The van der Waals surface area contributed by atoms with Gasteiger partial charge in [-0.3, -0.25) is 4.79 Å². The van der Waals surface area contributed by atoms with Crippen LogP contribution in [0, 0.1) is 5.82 Å². The Bertz CT molecular complexity index is 582. The van der Waals surface area contributed by atoms with E-state index in [9.17, 15) is 17.6 Å². The molecule has 20 heavy (non-hydrogen) atoms. The van der Waals surface area contributed by atoms with E-state index in [0.29, 0.717) is 0 Å². The molecule has 1 aromatic carbocycles. The Morgan fingerprint density at radius 2 is 1.85 bits per heavy atom. The van der Waals surface area contributed by atoms with E-state index < -0.39 is 27.8 Å². The lowest BCUT2D eigenvalue weighted by Gasteiger charge is -2.16. The number of carbonyl (C=O) groups is 1. The van der Waals surface area contributed by atoms with Gasteiger partial charge in [-0.1, -0.05) is 0 Å². The summed E-state index contributed by atoms with van der Waals surface area (Å²) in [4.78, 5) is 11.3. The Kier molecular flexibility index (Phi) is 5.07. The van der Waals surface area contributed by atoms with Crippen LogP contribution in [0.25, 0.3) is 0 Å². The average Bonchev–Trinajstić information content (AvgIpc) is 2.25. The molecule has 1 rings (SSSR count). The molecule has 0 aromatic heterocycles. The molecule has 0 saturated carbocycles. The first kappa shape index (κ1) is 16.4. The number of carbonyl (C=O) groups excluding carboxylic acids is 1. The lowest BCUT2D eigenvalue weighted by Crippen LogP contribution is -2.46. The number of nitrogens with one attached hydrogen (secondary N) is 2. The molecular weight excluding hydrogens is 285 g/mol. The van der Waals surface area contributed by atoms with Crippen LogP contribution in [0.3, 0.4) is 0 Å². The number of sulfonamides is 1. The molecule has 112 valence electrons. The zero-order chi connectivity index (χ0) is 15.5. The topological polar surface area (TPSA) is 101 Å². The first-order valence-corrected chi connectivity index (χ1v) is 7.49. The lowest BCUT2D eigenvalue weighted by molar-refractivity contribution is -0.122. The Morgan fingerprint density at radius 3 is 2.35 bits per heavy atom. The number of amides is 1. The Labute approximate surface area is 117 Å². The molecule has 1 aromatic rings. The summed E-state index contributed by atoms with van der Waals surface area (Å²) in [6.07, 6.45) is 0. The number of rotatable bonds is 5. The number of benzene rings is 1. The zero-order valence-corrected chi connectivity index (χ0v) is 12.3. The van der Waals surface area contributed by atoms with Crippen LogP contribution >= 0.6 is 0 Å². The van der Waals surface area contributed by atoms with E-state index in [2.05, 4.69) is 10.0 Å². The van der Waals surface area contributed by atoms with Crippen molar-refractivity contribution in [1.82, 2.24) is 10.0 Å². The van der Waals surface area contributed by atoms with Gasteiger partial charge < -0.3 is 11.1 Å². The molecule has 1 atom stereocenters. The van der Waals surface area contributed by atoms with E-state index in [-0.39, 0.29) is 16.6 Å². The largest absolute Gasteiger partial charge is 0.399 e. The van der Waals surface area contributed by atoms with Crippen molar-refractivity contribution in [2.24, 2.45) is 0 Å². The van der Waals surface area contributed by atoms with Crippen molar-refractivity contribution < 1.29 is 17.6 Å². The summed E-state index contributed by atoms with van der Waals surface area (Å²) in [5.41, 5.74) is 5.39. The maximum Gasteiger partial charge on any atom is 0.241 e. The van der Waals surface area contributed by atoms with Crippen LogP contribution in [0.4, 0.5) is 10.1 Å². The van der Waals surface area contributed by atoms with Crippen molar-refractivity contribution in [3.05, 3.63) is 24.0 Å². The smallest absolute Gasteiger partial charge is 0.241 e. The van der Waals surface area contributed by atoms with Crippen LogP contribution < -0.4 is 15.8 Å². The summed E-state index contributed by atoms with van der Waals surface area (Å²) < 4.78 is 39.4. The fourth-order valence-electron chi connectivity index (χ4n) is 1.50. The third kappa shape index (κ3) is 4.46. The second-order valence-electron chi connectivity index (χ2n) is 4.73. The average molecular weight is 303 g/mol. The van der Waals surface area contributed by atoms with E-state index in [1.165, 1.54) is 6.92 Å². The van der Waals surface area contributed by atoms with Gasteiger partial charge in [0.25, 0.3) is 0 Å². The third-order valence-electron chi connectivity index (χ3n) is 2.36. The highest BCUT2D eigenvalue weighted by atomic mass is 32.2. The summed E-state index contributed by atoms with van der Waals surface area (Å²) in [7, 11) is -4.02. The second-order valence-corrected chi connectivity index (χ2v) is 6.44. The fourth-order valence-corrected chi connectivity index (χ4v) is 2.77. The molecule has 0 saturated heterocycles. The van der Waals surface area contributed by atoms with Gasteiger partial charge >= 0.3 is 0 Å². The van der Waals surface area contributed by atoms with E-state index in [4.69, 9.17) is 5.73 Å². The Morgan fingerprint density at radius 1 is 1.25 bits per heavy atom. The second kappa shape index (κ2) is 6.19. The summed E-state index contributed by atoms with van der Waals surface area (Å²) >= 11 is 0.